The van der Waals surface area contributed by atoms with Crippen molar-refractivity contribution < 1.29 is 32.7 Å². The quantitative estimate of drug-likeness (QED) is 0.123. The Morgan fingerprint density at radius 3 is 2.42 bits per heavy atom. The van der Waals surface area contributed by atoms with E-state index < -0.39 is 25.3 Å². The second-order valence-corrected chi connectivity index (χ2v) is 13.7. The number of esters is 1. The van der Waals surface area contributed by atoms with Crippen LogP contribution in [-0.2, 0) is 32.7 Å². The van der Waals surface area contributed by atoms with Crippen LogP contribution in [0.1, 0.15) is 83.6 Å². The molecule has 2 aliphatic heterocycles. The molecule has 1 unspecified atom stereocenters. The molecule has 1 saturated carbocycles. The molecule has 0 radical (unpaired) electrons. The van der Waals surface area contributed by atoms with Crippen LogP contribution in [0.5, 0.6) is 0 Å². The zero-order valence-corrected chi connectivity index (χ0v) is 26.7. The van der Waals surface area contributed by atoms with Gasteiger partial charge in [0, 0.05) is 31.7 Å². The van der Waals surface area contributed by atoms with Crippen molar-refractivity contribution in [2.75, 3.05) is 37.7 Å². The van der Waals surface area contributed by atoms with Crippen LogP contribution in [0, 0.1) is 17.7 Å². The van der Waals surface area contributed by atoms with E-state index >= 15 is 0 Å². The largest absolute Gasteiger partial charge is 0.488 e. The Hall–Kier alpha value is -2.59. The molecule has 1 saturated heterocycles. The van der Waals surface area contributed by atoms with Crippen LogP contribution >= 0.6 is 7.60 Å². The summed E-state index contributed by atoms with van der Waals surface area (Å²) in [5.41, 5.74) is 0.0730. The molecule has 3 heterocycles. The average Bonchev–Trinajstić information content (AvgIpc) is 3.54. The second-order valence-electron chi connectivity index (χ2n) is 11.8. The van der Waals surface area contributed by atoms with Crippen molar-refractivity contribution in [3.05, 3.63) is 36.2 Å². The van der Waals surface area contributed by atoms with Crippen molar-refractivity contribution >= 4 is 30.9 Å². The molecule has 1 atom stereocenters. The Morgan fingerprint density at radius 2 is 1.84 bits per heavy atom. The molecule has 0 spiro atoms. The molecule has 3 aliphatic rings. The zero-order chi connectivity index (χ0) is 30.9. The predicted octanol–water partition coefficient (Wildman–Crippen LogP) is 5.96. The molecule has 1 N–H and O–H groups in total. The van der Waals surface area contributed by atoms with Gasteiger partial charge in [0.15, 0.2) is 6.10 Å². The standard InChI is InChI=1S/C31H47N4O7P/c1-4-40-43(38,41-5-2)30(32)42-28(36)22-31(15-7-6-8-16-31)17-20-34-18-13-25(14-19-34)35(27-12-11-24(3)23-33-27)29(37)26-10-9-21-39-26/h9,11-12,21,23,25-26,32H,4-8,10,13-20,22H2,1-3H3. The number of aromatic nitrogens is 1. The Balaban J connectivity index is 1.35. The predicted molar refractivity (Wildman–Crippen MR) is 164 cm³/mol. The van der Waals surface area contributed by atoms with Gasteiger partial charge in [-0.3, -0.25) is 19.9 Å². The molecule has 1 aliphatic carbocycles. The van der Waals surface area contributed by atoms with Gasteiger partial charge in [0.05, 0.1) is 25.9 Å². The van der Waals surface area contributed by atoms with E-state index in [1.807, 2.05) is 30.0 Å². The van der Waals surface area contributed by atoms with Crippen LogP contribution in [0.15, 0.2) is 30.7 Å². The summed E-state index contributed by atoms with van der Waals surface area (Å²) in [5.74, 6) is 0.0462. The van der Waals surface area contributed by atoms with Crippen molar-refractivity contribution in [2.24, 2.45) is 5.41 Å². The van der Waals surface area contributed by atoms with E-state index in [0.29, 0.717) is 12.2 Å². The first-order valence-corrected chi connectivity index (χ1v) is 17.2. The normalized spacial score (nSPS) is 20.9. The summed E-state index contributed by atoms with van der Waals surface area (Å²) in [5, 5.41) is 8.13. The minimum absolute atomic E-state index is 0.0270. The lowest BCUT2D eigenvalue weighted by atomic mass is 9.69. The van der Waals surface area contributed by atoms with Crippen LogP contribution in [0.4, 0.5) is 5.82 Å². The van der Waals surface area contributed by atoms with E-state index in [4.69, 9.17) is 23.9 Å². The summed E-state index contributed by atoms with van der Waals surface area (Å²) in [4.78, 5) is 35.4. The lowest BCUT2D eigenvalue weighted by Crippen LogP contribution is -2.51. The summed E-state index contributed by atoms with van der Waals surface area (Å²) in [6, 6.07) is 3.92. The second kappa shape index (κ2) is 15.4. The van der Waals surface area contributed by atoms with Gasteiger partial charge in [-0.15, -0.1) is 0 Å². The topological polar surface area (TPSA) is 131 Å². The van der Waals surface area contributed by atoms with Gasteiger partial charge in [-0.1, -0.05) is 25.3 Å². The van der Waals surface area contributed by atoms with Gasteiger partial charge in [0.25, 0.3) is 5.91 Å². The number of carbonyl (C=O) groups excluding carboxylic acids is 2. The number of likely N-dealkylation sites (tertiary alicyclic amines) is 1. The number of rotatable bonds is 13. The number of anilines is 1. The molecule has 11 nitrogen and oxygen atoms in total. The summed E-state index contributed by atoms with van der Waals surface area (Å²) in [7, 11) is -3.94. The van der Waals surface area contributed by atoms with Gasteiger partial charge >= 0.3 is 19.2 Å². The third-order valence-corrected chi connectivity index (χ3v) is 10.5. The van der Waals surface area contributed by atoms with Crippen molar-refractivity contribution in [3.8, 4) is 0 Å². The Morgan fingerprint density at radius 1 is 1.14 bits per heavy atom. The molecule has 2 fully saturated rings. The average molecular weight is 619 g/mol. The molecule has 0 bridgehead atoms. The fraction of sp³-hybridized carbons (Fsp3) is 0.677. The van der Waals surface area contributed by atoms with Crippen molar-refractivity contribution in [1.82, 2.24) is 9.88 Å². The van der Waals surface area contributed by atoms with Gasteiger partial charge in [0.1, 0.15) is 5.82 Å². The highest BCUT2D eigenvalue weighted by Gasteiger charge is 2.40. The minimum atomic E-state index is -3.94. The molecule has 0 aromatic carbocycles. The van der Waals surface area contributed by atoms with Crippen LogP contribution in [-0.4, -0.2) is 72.4 Å². The van der Waals surface area contributed by atoms with Gasteiger partial charge < -0.3 is 23.4 Å². The fourth-order valence-corrected chi connectivity index (χ4v) is 7.60. The maximum absolute atomic E-state index is 13.5. The van der Waals surface area contributed by atoms with Gasteiger partial charge in [0.2, 0.25) is 0 Å². The molecular formula is C31H47N4O7P. The zero-order valence-electron chi connectivity index (χ0n) is 25.8. The number of nitrogens with one attached hydrogen (secondary N) is 1. The van der Waals surface area contributed by atoms with E-state index in [1.165, 1.54) is 0 Å². The summed E-state index contributed by atoms with van der Waals surface area (Å²) >= 11 is 0. The van der Waals surface area contributed by atoms with Crippen molar-refractivity contribution in [3.63, 3.8) is 0 Å². The van der Waals surface area contributed by atoms with E-state index in [2.05, 4.69) is 9.88 Å². The number of amides is 1. The number of piperidine rings is 1. The smallest absolute Gasteiger partial charge is 0.415 e. The van der Waals surface area contributed by atoms with E-state index in [1.54, 1.807) is 26.3 Å². The number of aryl methyl sites for hydroxylation is 1. The van der Waals surface area contributed by atoms with Crippen LogP contribution in [0.3, 0.4) is 0 Å². The number of hydrogen-bond acceptors (Lipinski definition) is 10. The number of nitrogens with zero attached hydrogens (tertiary/aromatic N) is 3. The third kappa shape index (κ3) is 8.75. The minimum Gasteiger partial charge on any atom is -0.488 e. The van der Waals surface area contributed by atoms with Gasteiger partial charge in [-0.05, 0) is 82.5 Å². The van der Waals surface area contributed by atoms with Crippen LogP contribution in [0.2, 0.25) is 0 Å². The first kappa shape index (κ1) is 33.3. The molecule has 1 aromatic heterocycles. The number of carbonyl (C=O) groups is 2. The maximum atomic E-state index is 13.5. The van der Waals surface area contributed by atoms with Gasteiger partial charge in [-0.25, -0.2) is 9.55 Å². The highest BCUT2D eigenvalue weighted by atomic mass is 31.2. The van der Waals surface area contributed by atoms with Crippen LogP contribution in [0.25, 0.3) is 0 Å². The van der Waals surface area contributed by atoms with Gasteiger partial charge in [-0.2, -0.15) is 0 Å². The van der Waals surface area contributed by atoms with Crippen molar-refractivity contribution in [2.45, 2.75) is 97.1 Å². The lowest BCUT2D eigenvalue weighted by molar-refractivity contribution is -0.139. The number of hydrogen-bond donors (Lipinski definition) is 1. The maximum Gasteiger partial charge on any atom is 0.415 e. The molecule has 238 valence electrons. The van der Waals surface area contributed by atoms with Crippen LogP contribution < -0.4 is 4.90 Å². The fourth-order valence-electron chi connectivity index (χ4n) is 6.40. The Bertz CT molecular complexity index is 1160. The molecule has 1 aromatic rings. The molecule has 12 heteroatoms. The van der Waals surface area contributed by atoms with E-state index in [0.717, 1.165) is 76.6 Å². The lowest BCUT2D eigenvalue weighted by Gasteiger charge is -2.41. The van der Waals surface area contributed by atoms with Crippen molar-refractivity contribution in [1.29, 1.82) is 5.41 Å². The monoisotopic (exact) mass is 618 g/mol. The highest BCUT2D eigenvalue weighted by molar-refractivity contribution is 7.71. The summed E-state index contributed by atoms with van der Waals surface area (Å²) in [6.45, 7) is 7.94. The van der Waals surface area contributed by atoms with E-state index in [-0.39, 0.29) is 37.0 Å². The SMILES string of the molecule is CCOP(=O)(OCC)C(=N)OC(=O)CC1(CCN2CCC(N(C(=O)C3CC=CO3)c3ccc(C)cn3)CC2)CCCCC1. The summed E-state index contributed by atoms with van der Waals surface area (Å²) in [6.07, 6.45) is 13.0. The Kier molecular flexibility index (Phi) is 11.9. The molecule has 1 amide bonds. The summed E-state index contributed by atoms with van der Waals surface area (Å²) < 4.78 is 34.0. The molecule has 4 rings (SSSR count). The highest BCUT2D eigenvalue weighted by Crippen LogP contribution is 2.50. The molecule has 43 heavy (non-hydrogen) atoms. The first-order chi connectivity index (χ1) is 20.7. The molecular weight excluding hydrogens is 571 g/mol. The third-order valence-electron chi connectivity index (χ3n) is 8.72. The van der Waals surface area contributed by atoms with E-state index in [9.17, 15) is 14.2 Å². The number of ether oxygens (including phenoxy) is 2. The first-order valence-electron chi connectivity index (χ1n) is 15.7. The number of pyridine rings is 1. The Labute approximate surface area is 255 Å².